The van der Waals surface area contributed by atoms with Crippen molar-refractivity contribution in [1.29, 1.82) is 0 Å². The zero-order valence-electron chi connectivity index (χ0n) is 28.2. The quantitative estimate of drug-likeness (QED) is 0.1000. The third kappa shape index (κ3) is 8.67. The number of thioether (sulfide) groups is 1. The molecule has 5 aromatic carbocycles. The van der Waals surface area contributed by atoms with Gasteiger partial charge in [-0.3, -0.25) is 0 Å². The molecular formula is C40H38N6O5S. The van der Waals surface area contributed by atoms with E-state index in [1.54, 1.807) is 28.9 Å². The molecule has 0 aliphatic carbocycles. The maximum Gasteiger partial charge on any atom is 0.315 e. The zero-order valence-corrected chi connectivity index (χ0v) is 29.0. The van der Waals surface area contributed by atoms with Crippen LogP contribution in [-0.4, -0.2) is 48.3 Å². The van der Waals surface area contributed by atoms with Crippen LogP contribution in [0.3, 0.4) is 0 Å². The molecule has 2 amide bonds. The third-order valence-corrected chi connectivity index (χ3v) is 9.85. The van der Waals surface area contributed by atoms with Gasteiger partial charge in [0.25, 0.3) is 0 Å². The third-order valence-electron chi connectivity index (χ3n) is 8.79. The topological polar surface area (TPSA) is 144 Å². The number of nitrogens with one attached hydrogen (secondary N) is 2. The Morgan fingerprint density at radius 2 is 1.50 bits per heavy atom. The first-order valence-electron chi connectivity index (χ1n) is 17.0. The molecule has 1 saturated heterocycles. The number of aliphatic hydroxyl groups excluding tert-OH is 1. The van der Waals surface area contributed by atoms with Crippen LogP contribution in [0.15, 0.2) is 133 Å². The molecule has 264 valence electrons. The minimum absolute atomic E-state index is 0.0282. The Morgan fingerprint density at radius 1 is 0.788 bits per heavy atom. The number of tetrazole rings is 1. The minimum atomic E-state index is -0.630. The summed E-state index contributed by atoms with van der Waals surface area (Å²) in [4.78, 5) is 12.6. The van der Waals surface area contributed by atoms with Gasteiger partial charge in [0.2, 0.25) is 5.16 Å². The fraction of sp³-hybridized carbons (Fsp3) is 0.200. The highest BCUT2D eigenvalue weighted by atomic mass is 32.2. The van der Waals surface area contributed by atoms with Crippen molar-refractivity contribution < 1.29 is 24.5 Å². The lowest BCUT2D eigenvalue weighted by Gasteiger charge is -2.36. The van der Waals surface area contributed by atoms with Crippen LogP contribution in [0.1, 0.15) is 46.6 Å². The first kappa shape index (κ1) is 34.9. The fourth-order valence-electron chi connectivity index (χ4n) is 6.01. The number of nitrogens with zero attached hydrogens (tertiary/aromatic N) is 4. The predicted octanol–water partition coefficient (Wildman–Crippen LogP) is 6.86. The Labute approximate surface area is 305 Å². The maximum atomic E-state index is 12.6. The molecule has 52 heavy (non-hydrogen) atoms. The van der Waals surface area contributed by atoms with Crippen molar-refractivity contribution in [3.8, 4) is 22.6 Å². The Hall–Kier alpha value is -5.53. The number of amides is 2. The van der Waals surface area contributed by atoms with Gasteiger partial charge in [-0.15, -0.1) is 5.10 Å². The van der Waals surface area contributed by atoms with Crippen molar-refractivity contribution in [2.45, 2.75) is 49.8 Å². The number of ether oxygens (including phenoxy) is 2. The van der Waals surface area contributed by atoms with Gasteiger partial charge in [-0.25, -0.2) is 4.79 Å². The summed E-state index contributed by atoms with van der Waals surface area (Å²) >= 11 is 1.49. The van der Waals surface area contributed by atoms with Crippen molar-refractivity contribution in [2.75, 3.05) is 5.75 Å². The number of carbonyl (C=O) groups excluding carboxylic acids is 1. The molecule has 2 heterocycles. The highest BCUT2D eigenvalue weighted by Crippen LogP contribution is 2.40. The lowest BCUT2D eigenvalue weighted by molar-refractivity contribution is -0.245. The number of hydrogen-bond donors (Lipinski definition) is 4. The summed E-state index contributed by atoms with van der Waals surface area (Å²) < 4.78 is 14.8. The lowest BCUT2D eigenvalue weighted by atomic mass is 9.98. The normalized spacial score (nSPS) is 17.1. The Morgan fingerprint density at radius 3 is 2.27 bits per heavy atom. The van der Waals surface area contributed by atoms with E-state index in [1.807, 2.05) is 103 Å². The van der Waals surface area contributed by atoms with E-state index in [1.165, 1.54) is 11.8 Å². The van der Waals surface area contributed by atoms with E-state index in [0.717, 1.165) is 44.6 Å². The lowest BCUT2D eigenvalue weighted by Crippen LogP contribution is -2.34. The maximum absolute atomic E-state index is 12.6. The Balaban J connectivity index is 1.05. The number of aliphatic hydroxyl groups is 1. The van der Waals surface area contributed by atoms with Gasteiger partial charge in [0, 0.05) is 30.8 Å². The molecule has 0 unspecified atom stereocenters. The van der Waals surface area contributed by atoms with Crippen molar-refractivity contribution in [2.24, 2.45) is 0 Å². The molecule has 0 bridgehead atoms. The van der Waals surface area contributed by atoms with E-state index in [4.69, 9.17) is 9.47 Å². The predicted molar refractivity (Wildman–Crippen MR) is 197 cm³/mol. The molecule has 3 atom stereocenters. The molecule has 1 aliphatic rings. The summed E-state index contributed by atoms with van der Waals surface area (Å²) in [6.45, 7) is 0.799. The number of phenolic OH excluding ortho intramolecular Hbond substituents is 1. The van der Waals surface area contributed by atoms with Gasteiger partial charge in [0.15, 0.2) is 6.29 Å². The van der Waals surface area contributed by atoms with Gasteiger partial charge in [-0.1, -0.05) is 115 Å². The molecule has 0 saturated carbocycles. The van der Waals surface area contributed by atoms with Crippen LogP contribution in [0.5, 0.6) is 5.75 Å². The number of urea groups is 1. The second-order valence-electron chi connectivity index (χ2n) is 12.4. The molecule has 1 aliphatic heterocycles. The van der Waals surface area contributed by atoms with Gasteiger partial charge < -0.3 is 30.3 Å². The second-order valence-corrected chi connectivity index (χ2v) is 13.3. The van der Waals surface area contributed by atoms with Crippen LogP contribution in [0.25, 0.3) is 16.8 Å². The number of hydrogen-bond acceptors (Lipinski definition) is 9. The molecule has 7 rings (SSSR count). The average Bonchev–Trinajstić information content (AvgIpc) is 3.68. The molecule has 0 radical (unpaired) electrons. The van der Waals surface area contributed by atoms with Crippen LogP contribution in [0.2, 0.25) is 0 Å². The van der Waals surface area contributed by atoms with Gasteiger partial charge in [0.05, 0.1) is 24.5 Å². The van der Waals surface area contributed by atoms with E-state index in [9.17, 15) is 15.0 Å². The number of phenols is 1. The van der Waals surface area contributed by atoms with Crippen LogP contribution in [-0.2, 0) is 29.2 Å². The van der Waals surface area contributed by atoms with Gasteiger partial charge in [0.1, 0.15) is 5.75 Å². The number of aromatic hydroxyl groups is 1. The first-order chi connectivity index (χ1) is 25.5. The van der Waals surface area contributed by atoms with Crippen molar-refractivity contribution >= 4 is 17.8 Å². The molecule has 6 aromatic rings. The molecule has 1 fully saturated rings. The van der Waals surface area contributed by atoms with E-state index < -0.39 is 6.29 Å². The van der Waals surface area contributed by atoms with Crippen LogP contribution >= 0.6 is 11.8 Å². The molecule has 4 N–H and O–H groups in total. The second kappa shape index (κ2) is 16.7. The summed E-state index contributed by atoms with van der Waals surface area (Å²) in [6, 6.07) is 40.2. The molecule has 11 nitrogen and oxygen atoms in total. The standard InChI is InChI=1S/C40H38N6O5S/c47-25-28-10-12-30(13-11-28)37-22-35(26-52-40-43-44-45-46(40)33-18-20-34(48)21-19-33)50-38(51-37)31-16-14-29(15-17-31)36-9-5-4-8-32(36)24-42-39(49)41-23-27-6-2-1-3-7-27/h1-21,35,37-38,47-48H,22-26H2,(H2,41,42,49)/t35-,37+,38+/m1/s1. The summed E-state index contributed by atoms with van der Waals surface area (Å²) in [7, 11) is 0. The Bertz CT molecular complexity index is 2060. The molecule has 1 aromatic heterocycles. The molecular weight excluding hydrogens is 677 g/mol. The van der Waals surface area contributed by atoms with Crippen LogP contribution < -0.4 is 10.6 Å². The Kier molecular flexibility index (Phi) is 11.2. The average molecular weight is 715 g/mol. The number of carbonyl (C=O) groups is 1. The summed E-state index contributed by atoms with van der Waals surface area (Å²) in [5, 5.41) is 38.0. The first-order valence-corrected chi connectivity index (χ1v) is 18.0. The highest BCUT2D eigenvalue weighted by molar-refractivity contribution is 7.99. The van der Waals surface area contributed by atoms with Gasteiger partial charge in [-0.2, -0.15) is 4.68 Å². The highest BCUT2D eigenvalue weighted by Gasteiger charge is 2.33. The largest absolute Gasteiger partial charge is 0.508 e. The van der Waals surface area contributed by atoms with Gasteiger partial charge >= 0.3 is 6.03 Å². The zero-order chi connectivity index (χ0) is 35.7. The SMILES string of the molecule is O=C(NCc1ccccc1)NCc1ccccc1-c1ccc([C@H]2O[C@@H](CSc3nnnn3-c3ccc(O)cc3)C[C@@H](c3ccc(CO)cc3)O2)cc1. The van der Waals surface area contributed by atoms with Crippen molar-refractivity contribution in [3.63, 3.8) is 0 Å². The summed E-state index contributed by atoms with van der Waals surface area (Å²) in [5.74, 6) is 0.736. The summed E-state index contributed by atoms with van der Waals surface area (Å²) in [5.41, 5.74) is 7.50. The molecule has 0 spiro atoms. The van der Waals surface area contributed by atoms with E-state index in [-0.39, 0.29) is 30.6 Å². The van der Waals surface area contributed by atoms with E-state index in [2.05, 4.69) is 26.2 Å². The van der Waals surface area contributed by atoms with Crippen LogP contribution in [0, 0.1) is 0 Å². The van der Waals surface area contributed by atoms with Gasteiger partial charge in [-0.05, 0) is 68.1 Å². The van der Waals surface area contributed by atoms with E-state index >= 15 is 0 Å². The molecule has 12 heteroatoms. The van der Waals surface area contributed by atoms with Crippen molar-refractivity contribution in [3.05, 3.63) is 155 Å². The monoisotopic (exact) mass is 714 g/mol. The van der Waals surface area contributed by atoms with Crippen molar-refractivity contribution in [1.82, 2.24) is 30.8 Å². The fourth-order valence-corrected chi connectivity index (χ4v) is 6.92. The number of aromatic nitrogens is 4. The number of benzene rings is 5. The smallest absolute Gasteiger partial charge is 0.315 e. The van der Waals surface area contributed by atoms with E-state index in [0.29, 0.717) is 30.4 Å². The van der Waals surface area contributed by atoms with Crippen LogP contribution in [0.4, 0.5) is 4.79 Å². The number of rotatable bonds is 12. The minimum Gasteiger partial charge on any atom is -0.508 e. The summed E-state index contributed by atoms with van der Waals surface area (Å²) in [6.07, 6.45) is -0.463.